The van der Waals surface area contributed by atoms with E-state index < -0.39 is 12.3 Å². The third-order valence-electron chi connectivity index (χ3n) is 6.03. The van der Waals surface area contributed by atoms with Crippen molar-refractivity contribution in [3.63, 3.8) is 0 Å². The van der Waals surface area contributed by atoms with Crippen molar-refractivity contribution in [2.45, 2.75) is 18.8 Å². The molecule has 0 saturated carbocycles. The lowest BCUT2D eigenvalue weighted by Crippen LogP contribution is -2.42. The van der Waals surface area contributed by atoms with Gasteiger partial charge in [0.2, 0.25) is 0 Å². The Bertz CT molecular complexity index is 1280. The van der Waals surface area contributed by atoms with Crippen LogP contribution in [0.1, 0.15) is 33.2 Å². The van der Waals surface area contributed by atoms with E-state index in [2.05, 4.69) is 16.0 Å². The minimum Gasteiger partial charge on any atom is -0.383 e. The van der Waals surface area contributed by atoms with Crippen molar-refractivity contribution in [3.05, 3.63) is 138 Å². The molecule has 200 valence electrons. The van der Waals surface area contributed by atoms with E-state index in [4.69, 9.17) is 9.47 Å². The molecule has 0 saturated heterocycles. The first-order valence-corrected chi connectivity index (χ1v) is 12.9. The summed E-state index contributed by atoms with van der Waals surface area (Å²) in [5.74, 6) is -0.187. The van der Waals surface area contributed by atoms with Crippen molar-refractivity contribution in [2.75, 3.05) is 25.6 Å². The second kappa shape index (κ2) is 14.5. The molecule has 4 aromatic rings. The largest absolute Gasteiger partial charge is 0.383 e. The molecule has 0 heterocycles. The van der Waals surface area contributed by atoms with Crippen molar-refractivity contribution < 1.29 is 19.1 Å². The Hall–Kier alpha value is -4.46. The van der Waals surface area contributed by atoms with E-state index in [9.17, 15) is 9.59 Å². The van der Waals surface area contributed by atoms with Crippen LogP contribution in [-0.2, 0) is 15.9 Å². The molecule has 0 aliphatic rings. The molecule has 0 aliphatic heterocycles. The van der Waals surface area contributed by atoms with E-state index in [1.54, 1.807) is 13.2 Å². The number of amides is 3. The SMILES string of the molecule is COCCNC(=O)c1cccc(CC(NC(=O)Nc2ccccc2)OC(c2ccccc2)c2ccccc2)c1. The first-order chi connectivity index (χ1) is 19.1. The van der Waals surface area contributed by atoms with E-state index in [0.717, 1.165) is 16.7 Å². The lowest BCUT2D eigenvalue weighted by atomic mass is 10.0. The number of nitrogens with one attached hydrogen (secondary N) is 3. The van der Waals surface area contributed by atoms with Crippen molar-refractivity contribution in [2.24, 2.45) is 0 Å². The third-order valence-corrected chi connectivity index (χ3v) is 6.03. The first-order valence-electron chi connectivity index (χ1n) is 12.9. The zero-order valence-corrected chi connectivity index (χ0v) is 21.9. The van der Waals surface area contributed by atoms with E-state index in [-0.39, 0.29) is 11.9 Å². The Morgan fingerprint density at radius 3 is 2.00 bits per heavy atom. The maximum Gasteiger partial charge on any atom is 0.321 e. The Labute approximate surface area is 229 Å². The molecule has 0 radical (unpaired) electrons. The summed E-state index contributed by atoms with van der Waals surface area (Å²) < 4.78 is 11.6. The van der Waals surface area contributed by atoms with Gasteiger partial charge < -0.3 is 25.4 Å². The maximum atomic E-state index is 13.0. The van der Waals surface area contributed by atoms with Crippen molar-refractivity contribution in [1.82, 2.24) is 10.6 Å². The number of carbonyl (C=O) groups is 2. The van der Waals surface area contributed by atoms with Crippen LogP contribution in [0, 0.1) is 0 Å². The number of para-hydroxylation sites is 1. The Morgan fingerprint density at radius 1 is 0.769 bits per heavy atom. The fourth-order valence-electron chi connectivity index (χ4n) is 4.16. The van der Waals surface area contributed by atoms with Crippen LogP contribution in [0.4, 0.5) is 10.5 Å². The van der Waals surface area contributed by atoms with Gasteiger partial charge in [-0.05, 0) is 41.0 Å². The lowest BCUT2D eigenvalue weighted by Gasteiger charge is -2.27. The molecule has 7 heteroatoms. The van der Waals surface area contributed by atoms with Crippen molar-refractivity contribution in [1.29, 1.82) is 0 Å². The van der Waals surface area contributed by atoms with Gasteiger partial charge in [0, 0.05) is 31.3 Å². The number of benzene rings is 4. The highest BCUT2D eigenvalue weighted by Crippen LogP contribution is 2.28. The van der Waals surface area contributed by atoms with Gasteiger partial charge in [-0.1, -0.05) is 91.0 Å². The summed E-state index contributed by atoms with van der Waals surface area (Å²) in [5, 5.41) is 8.69. The van der Waals surface area contributed by atoms with Crippen LogP contribution in [0.3, 0.4) is 0 Å². The van der Waals surface area contributed by atoms with E-state index in [1.165, 1.54) is 0 Å². The fraction of sp³-hybridized carbons (Fsp3) is 0.188. The van der Waals surface area contributed by atoms with Crippen LogP contribution in [0.15, 0.2) is 115 Å². The fourth-order valence-corrected chi connectivity index (χ4v) is 4.16. The highest BCUT2D eigenvalue weighted by atomic mass is 16.5. The average Bonchev–Trinajstić information content (AvgIpc) is 2.97. The van der Waals surface area contributed by atoms with Gasteiger partial charge in [0.1, 0.15) is 12.3 Å². The van der Waals surface area contributed by atoms with Gasteiger partial charge in [-0.25, -0.2) is 4.79 Å². The van der Waals surface area contributed by atoms with Crippen LogP contribution in [0.5, 0.6) is 0 Å². The van der Waals surface area contributed by atoms with Crippen LogP contribution < -0.4 is 16.0 Å². The molecule has 39 heavy (non-hydrogen) atoms. The van der Waals surface area contributed by atoms with Crippen LogP contribution >= 0.6 is 0 Å². The normalized spacial score (nSPS) is 11.5. The molecule has 0 aromatic heterocycles. The van der Waals surface area contributed by atoms with Gasteiger partial charge >= 0.3 is 6.03 Å². The van der Waals surface area contributed by atoms with Crippen LogP contribution in [-0.4, -0.2) is 38.4 Å². The minimum atomic E-state index is -0.703. The molecule has 3 amide bonds. The molecule has 4 rings (SSSR count). The van der Waals surface area contributed by atoms with Crippen LogP contribution in [0.25, 0.3) is 0 Å². The number of hydrogen-bond donors (Lipinski definition) is 3. The lowest BCUT2D eigenvalue weighted by molar-refractivity contribution is -0.00348. The number of hydrogen-bond acceptors (Lipinski definition) is 4. The number of methoxy groups -OCH3 is 1. The predicted molar refractivity (Wildman–Crippen MR) is 153 cm³/mol. The highest BCUT2D eigenvalue weighted by molar-refractivity contribution is 5.94. The smallest absolute Gasteiger partial charge is 0.321 e. The zero-order valence-electron chi connectivity index (χ0n) is 21.9. The van der Waals surface area contributed by atoms with Gasteiger partial charge in [0.15, 0.2) is 0 Å². The summed E-state index contributed by atoms with van der Waals surface area (Å²) in [6.45, 7) is 0.852. The first kappa shape index (κ1) is 27.6. The molecule has 1 atom stereocenters. The Morgan fingerprint density at radius 2 is 1.38 bits per heavy atom. The van der Waals surface area contributed by atoms with Crippen LogP contribution in [0.2, 0.25) is 0 Å². The molecule has 1 unspecified atom stereocenters. The third kappa shape index (κ3) is 8.53. The summed E-state index contributed by atoms with van der Waals surface area (Å²) in [6, 6.07) is 35.9. The Kier molecular flexibility index (Phi) is 10.2. The molecule has 0 bridgehead atoms. The molecule has 4 aromatic carbocycles. The summed E-state index contributed by atoms with van der Waals surface area (Å²) in [7, 11) is 1.59. The number of ether oxygens (including phenoxy) is 2. The molecule has 0 fully saturated rings. The maximum absolute atomic E-state index is 13.0. The molecule has 0 aliphatic carbocycles. The monoisotopic (exact) mass is 523 g/mol. The summed E-state index contributed by atoms with van der Waals surface area (Å²) in [5.41, 5.74) is 3.97. The van der Waals surface area contributed by atoms with Gasteiger partial charge in [-0.2, -0.15) is 0 Å². The molecule has 3 N–H and O–H groups in total. The van der Waals surface area contributed by atoms with Crippen molar-refractivity contribution >= 4 is 17.6 Å². The van der Waals surface area contributed by atoms with E-state index >= 15 is 0 Å². The number of anilines is 1. The molecular weight excluding hydrogens is 490 g/mol. The zero-order chi connectivity index (χ0) is 27.3. The van der Waals surface area contributed by atoms with Gasteiger partial charge in [0.25, 0.3) is 5.91 Å². The highest BCUT2D eigenvalue weighted by Gasteiger charge is 2.23. The minimum absolute atomic E-state index is 0.187. The summed E-state index contributed by atoms with van der Waals surface area (Å²) >= 11 is 0. The number of rotatable bonds is 12. The molecular formula is C32H33N3O4. The van der Waals surface area contributed by atoms with E-state index in [0.29, 0.717) is 30.8 Å². The quantitative estimate of drug-likeness (QED) is 0.168. The van der Waals surface area contributed by atoms with Gasteiger partial charge in [-0.15, -0.1) is 0 Å². The number of carbonyl (C=O) groups excluding carboxylic acids is 2. The summed E-state index contributed by atoms with van der Waals surface area (Å²) in [6.07, 6.45) is -0.779. The average molecular weight is 524 g/mol. The predicted octanol–water partition coefficient (Wildman–Crippen LogP) is 5.56. The topological polar surface area (TPSA) is 88.7 Å². The molecule has 7 nitrogen and oxygen atoms in total. The molecule has 0 spiro atoms. The van der Waals surface area contributed by atoms with Gasteiger partial charge in [0.05, 0.1) is 6.61 Å². The number of urea groups is 1. The van der Waals surface area contributed by atoms with E-state index in [1.807, 2.05) is 109 Å². The van der Waals surface area contributed by atoms with Crippen molar-refractivity contribution in [3.8, 4) is 0 Å². The second-order valence-electron chi connectivity index (χ2n) is 8.94. The summed E-state index contributed by atoms with van der Waals surface area (Å²) in [4.78, 5) is 25.6. The van der Waals surface area contributed by atoms with Gasteiger partial charge in [-0.3, -0.25) is 4.79 Å². The standard InChI is InChI=1S/C32H33N3O4/c1-38-21-20-33-31(36)27-17-11-12-24(22-27)23-29(35-32(37)34-28-18-9-4-10-19-28)39-30(25-13-5-2-6-14-25)26-15-7-3-8-16-26/h2-19,22,29-30H,20-21,23H2,1H3,(H,33,36)(H2,34,35,37). The Balaban J connectivity index is 1.58. The second-order valence-corrected chi connectivity index (χ2v) is 8.94.